The summed E-state index contributed by atoms with van der Waals surface area (Å²) in [6.45, 7) is 0.363. The van der Waals surface area contributed by atoms with Gasteiger partial charge in [0.15, 0.2) is 0 Å². The SMILES string of the molecule is O=C(/C=C/c1ccccc1C(F)(F)F)Nc1ccc(C(=O)NS(=O)(=O)c2ccc(NCCSc3ccccc3)c([N+](=O)[O-])c2)cc1. The van der Waals surface area contributed by atoms with Crippen LogP contribution in [0.1, 0.15) is 21.5 Å². The molecular weight excluding hydrogens is 645 g/mol. The molecule has 46 heavy (non-hydrogen) atoms. The molecule has 0 aliphatic carbocycles. The van der Waals surface area contributed by atoms with Crippen molar-refractivity contribution in [3.63, 3.8) is 0 Å². The largest absolute Gasteiger partial charge is 0.416 e. The van der Waals surface area contributed by atoms with Gasteiger partial charge in [0.05, 0.1) is 15.4 Å². The van der Waals surface area contributed by atoms with E-state index in [2.05, 4.69) is 10.6 Å². The first-order valence-electron chi connectivity index (χ1n) is 13.4. The van der Waals surface area contributed by atoms with E-state index in [0.717, 1.165) is 35.2 Å². The fourth-order valence-corrected chi connectivity index (χ4v) is 5.83. The van der Waals surface area contributed by atoms with Crippen LogP contribution in [0, 0.1) is 10.1 Å². The lowest BCUT2D eigenvalue weighted by atomic mass is 10.1. The highest BCUT2D eigenvalue weighted by atomic mass is 32.2. The Balaban J connectivity index is 1.36. The number of nitrogens with one attached hydrogen (secondary N) is 3. The Morgan fingerprint density at radius 2 is 1.59 bits per heavy atom. The number of halogens is 3. The summed E-state index contributed by atoms with van der Waals surface area (Å²) >= 11 is 1.54. The molecule has 0 aliphatic rings. The second-order valence-corrected chi connectivity index (χ2v) is 12.3. The number of sulfonamides is 1. The number of nitro benzene ring substituents is 1. The molecule has 0 atom stereocenters. The third kappa shape index (κ3) is 9.18. The van der Waals surface area contributed by atoms with Crippen LogP contribution in [0.2, 0.25) is 0 Å². The number of benzene rings is 4. The Bertz CT molecular complexity index is 1870. The van der Waals surface area contributed by atoms with Crippen molar-refractivity contribution in [2.45, 2.75) is 16.0 Å². The zero-order chi connectivity index (χ0) is 33.3. The van der Waals surface area contributed by atoms with Gasteiger partial charge < -0.3 is 10.6 Å². The van der Waals surface area contributed by atoms with Crippen LogP contribution in [0.15, 0.2) is 113 Å². The average molecular weight is 671 g/mol. The second-order valence-electron chi connectivity index (χ2n) is 9.44. The molecule has 10 nitrogen and oxygen atoms in total. The van der Waals surface area contributed by atoms with E-state index in [-0.39, 0.29) is 22.5 Å². The van der Waals surface area contributed by atoms with Crippen molar-refractivity contribution in [3.05, 3.63) is 130 Å². The van der Waals surface area contributed by atoms with Crippen LogP contribution < -0.4 is 15.4 Å². The number of rotatable bonds is 12. The van der Waals surface area contributed by atoms with Crippen LogP contribution in [0.5, 0.6) is 0 Å². The van der Waals surface area contributed by atoms with Crippen molar-refractivity contribution >= 4 is 56.7 Å². The summed E-state index contributed by atoms with van der Waals surface area (Å²) in [6, 6.07) is 22.5. The lowest BCUT2D eigenvalue weighted by Gasteiger charge is -2.11. The number of carbonyl (C=O) groups is 2. The summed E-state index contributed by atoms with van der Waals surface area (Å²) in [6.07, 6.45) is -2.66. The van der Waals surface area contributed by atoms with E-state index in [1.54, 1.807) is 0 Å². The van der Waals surface area contributed by atoms with Crippen molar-refractivity contribution in [1.82, 2.24) is 4.72 Å². The summed E-state index contributed by atoms with van der Waals surface area (Å²) in [7, 11) is -4.51. The molecule has 3 N–H and O–H groups in total. The summed E-state index contributed by atoms with van der Waals surface area (Å²) in [4.78, 5) is 36.4. The molecule has 0 fully saturated rings. The highest BCUT2D eigenvalue weighted by Gasteiger charge is 2.32. The summed E-state index contributed by atoms with van der Waals surface area (Å²) in [5.41, 5.74) is -1.41. The van der Waals surface area contributed by atoms with Crippen LogP contribution in [-0.2, 0) is 21.0 Å². The van der Waals surface area contributed by atoms with Crippen LogP contribution in [0.3, 0.4) is 0 Å². The van der Waals surface area contributed by atoms with Gasteiger partial charge in [-0.3, -0.25) is 19.7 Å². The first-order valence-corrected chi connectivity index (χ1v) is 15.8. The van der Waals surface area contributed by atoms with E-state index in [1.165, 1.54) is 60.3 Å². The first kappa shape index (κ1) is 33.7. The third-order valence-electron chi connectivity index (χ3n) is 6.23. The van der Waals surface area contributed by atoms with Crippen molar-refractivity contribution in [1.29, 1.82) is 0 Å². The van der Waals surface area contributed by atoms with Gasteiger partial charge in [0.2, 0.25) is 5.91 Å². The van der Waals surface area contributed by atoms with Gasteiger partial charge in [0, 0.05) is 40.6 Å². The average Bonchev–Trinajstić information content (AvgIpc) is 3.02. The maximum atomic E-state index is 13.2. The van der Waals surface area contributed by atoms with Crippen molar-refractivity contribution in [2.24, 2.45) is 0 Å². The van der Waals surface area contributed by atoms with Gasteiger partial charge in [0.1, 0.15) is 5.69 Å². The maximum absolute atomic E-state index is 13.2. The van der Waals surface area contributed by atoms with Crippen LogP contribution >= 0.6 is 11.8 Å². The van der Waals surface area contributed by atoms with Crippen molar-refractivity contribution in [3.8, 4) is 0 Å². The molecule has 15 heteroatoms. The molecule has 0 aliphatic heterocycles. The zero-order valence-corrected chi connectivity index (χ0v) is 25.3. The molecule has 0 bridgehead atoms. The summed E-state index contributed by atoms with van der Waals surface area (Å²) in [5, 5.41) is 17.0. The molecule has 0 spiro atoms. The molecule has 0 saturated carbocycles. The Morgan fingerprint density at radius 3 is 2.26 bits per heavy atom. The number of hydrogen-bond donors (Lipinski definition) is 3. The lowest BCUT2D eigenvalue weighted by molar-refractivity contribution is -0.384. The number of nitro groups is 1. The second kappa shape index (κ2) is 14.8. The molecule has 238 valence electrons. The topological polar surface area (TPSA) is 148 Å². The molecule has 0 unspecified atom stereocenters. The fraction of sp³-hybridized carbons (Fsp3) is 0.0968. The van der Waals surface area contributed by atoms with E-state index in [9.17, 15) is 41.3 Å². The van der Waals surface area contributed by atoms with Crippen molar-refractivity contribution in [2.75, 3.05) is 22.9 Å². The molecule has 0 heterocycles. The van der Waals surface area contributed by atoms with Crippen LogP contribution in [-0.4, -0.2) is 37.5 Å². The number of nitrogens with zero attached hydrogens (tertiary/aromatic N) is 1. The quantitative estimate of drug-likeness (QED) is 0.0503. The van der Waals surface area contributed by atoms with Gasteiger partial charge in [-0.1, -0.05) is 36.4 Å². The molecule has 2 amide bonds. The van der Waals surface area contributed by atoms with Crippen molar-refractivity contribution < 1.29 is 36.1 Å². The molecule has 4 aromatic rings. The van der Waals surface area contributed by atoms with E-state index in [4.69, 9.17) is 0 Å². The van der Waals surface area contributed by atoms with Crippen LogP contribution in [0.4, 0.5) is 30.2 Å². The number of anilines is 2. The van der Waals surface area contributed by atoms with Gasteiger partial charge >= 0.3 is 6.18 Å². The maximum Gasteiger partial charge on any atom is 0.416 e. The number of carbonyl (C=O) groups excluding carboxylic acids is 2. The van der Waals surface area contributed by atoms with Gasteiger partial charge in [0.25, 0.3) is 21.6 Å². The fourth-order valence-electron chi connectivity index (χ4n) is 4.05. The number of hydrogen-bond acceptors (Lipinski definition) is 8. The third-order valence-corrected chi connectivity index (χ3v) is 8.57. The van der Waals surface area contributed by atoms with Gasteiger partial charge in [-0.15, -0.1) is 11.8 Å². The highest BCUT2D eigenvalue weighted by molar-refractivity contribution is 7.99. The molecule has 4 rings (SSSR count). The van der Waals surface area contributed by atoms with E-state index >= 15 is 0 Å². The highest BCUT2D eigenvalue weighted by Crippen LogP contribution is 2.32. The predicted molar refractivity (Wildman–Crippen MR) is 169 cm³/mol. The molecule has 0 radical (unpaired) electrons. The minimum absolute atomic E-state index is 0.111. The predicted octanol–water partition coefficient (Wildman–Crippen LogP) is 6.59. The molecule has 4 aromatic carbocycles. The summed E-state index contributed by atoms with van der Waals surface area (Å²) in [5.74, 6) is -1.19. The lowest BCUT2D eigenvalue weighted by Crippen LogP contribution is -2.30. The Kier molecular flexibility index (Phi) is 10.8. The van der Waals surface area contributed by atoms with Crippen LogP contribution in [0.25, 0.3) is 6.08 Å². The van der Waals surface area contributed by atoms with E-state index in [1.807, 2.05) is 35.1 Å². The normalized spacial score (nSPS) is 11.6. The number of amides is 2. The van der Waals surface area contributed by atoms with Gasteiger partial charge in [-0.2, -0.15) is 13.2 Å². The standard InChI is InChI=1S/C31H25F3N4O6S2/c32-31(33,34)26-9-5-4-6-21(26)12-17-29(39)36-23-13-10-22(11-14-23)30(40)37-46(43,44)25-15-16-27(28(20-25)38(41)42)35-18-19-45-24-7-2-1-3-8-24/h1-17,20,35H,18-19H2,(H,36,39)(H,37,40)/b17-12+. The number of alkyl halides is 3. The van der Waals surface area contributed by atoms with Gasteiger partial charge in [-0.25, -0.2) is 13.1 Å². The van der Waals surface area contributed by atoms with Gasteiger partial charge in [-0.05, 0) is 66.2 Å². The molecular formula is C31H25F3N4O6S2. The first-order chi connectivity index (χ1) is 21.8. The van der Waals surface area contributed by atoms with E-state index < -0.39 is 49.1 Å². The minimum Gasteiger partial charge on any atom is -0.379 e. The molecule has 0 saturated heterocycles. The van der Waals surface area contributed by atoms with E-state index in [0.29, 0.717) is 12.3 Å². The minimum atomic E-state index is -4.60. The molecule has 0 aromatic heterocycles. The number of thioether (sulfide) groups is 1. The Hall–Kier alpha value is -5.15. The Morgan fingerprint density at radius 1 is 0.913 bits per heavy atom. The summed E-state index contributed by atoms with van der Waals surface area (Å²) < 4.78 is 67.1. The zero-order valence-electron chi connectivity index (χ0n) is 23.7. The monoisotopic (exact) mass is 670 g/mol. The Labute approximate surface area is 265 Å². The smallest absolute Gasteiger partial charge is 0.379 e.